The molecule has 1 aliphatic carbocycles. The number of para-hydroxylation sites is 2. The maximum absolute atomic E-state index is 14.7. The molecule has 1 fully saturated rings. The van der Waals surface area contributed by atoms with Gasteiger partial charge < -0.3 is 9.88 Å². The largest absolute Gasteiger partial charge is 0.356 e. The van der Waals surface area contributed by atoms with Crippen LogP contribution in [0.3, 0.4) is 0 Å². The summed E-state index contributed by atoms with van der Waals surface area (Å²) in [5, 5.41) is 5.02. The zero-order valence-corrected chi connectivity index (χ0v) is 19.1. The first-order chi connectivity index (χ1) is 15.5. The fraction of sp³-hybridized carbons (Fsp3) is 0.464. The van der Waals surface area contributed by atoms with E-state index in [2.05, 4.69) is 71.5 Å². The molecule has 3 aliphatic heterocycles. The predicted molar refractivity (Wildman–Crippen MR) is 128 cm³/mol. The van der Waals surface area contributed by atoms with Gasteiger partial charge >= 0.3 is 0 Å². The van der Waals surface area contributed by atoms with Gasteiger partial charge in [-0.1, -0.05) is 69.5 Å². The predicted octanol–water partition coefficient (Wildman–Crippen LogP) is 5.29. The highest BCUT2D eigenvalue weighted by atomic mass is 16.2. The van der Waals surface area contributed by atoms with Crippen molar-refractivity contribution >= 4 is 22.5 Å². The van der Waals surface area contributed by atoms with Gasteiger partial charge in [0.1, 0.15) is 0 Å². The van der Waals surface area contributed by atoms with E-state index in [4.69, 9.17) is 0 Å². The van der Waals surface area contributed by atoms with Gasteiger partial charge in [-0.15, -0.1) is 0 Å². The van der Waals surface area contributed by atoms with E-state index in [-0.39, 0.29) is 16.9 Å². The Morgan fingerprint density at radius 2 is 1.72 bits per heavy atom. The second-order valence-electron chi connectivity index (χ2n) is 11.1. The molecule has 1 atom stereocenters. The summed E-state index contributed by atoms with van der Waals surface area (Å²) in [7, 11) is 0. The Balaban J connectivity index is 1.55. The maximum Gasteiger partial charge on any atom is 0.258 e. The lowest BCUT2D eigenvalue weighted by Gasteiger charge is -2.53. The number of carbonyl (C=O) groups excluding carboxylic acids is 1. The molecule has 0 saturated heterocycles. The van der Waals surface area contributed by atoms with Gasteiger partial charge in [0.2, 0.25) is 0 Å². The SMILES string of the molecule is CC1(C)CC2(CCCCC2)N2C(=O)[C@]3(NCCc4c3[nH]c3ccccc43)c3cccc1c32. The normalized spacial score (nSPS) is 27.2. The molecule has 164 valence electrons. The summed E-state index contributed by atoms with van der Waals surface area (Å²) in [6.45, 7) is 5.58. The minimum atomic E-state index is -0.803. The highest BCUT2D eigenvalue weighted by Gasteiger charge is 2.63. The number of carbonyl (C=O) groups is 1. The molecule has 0 unspecified atom stereocenters. The van der Waals surface area contributed by atoms with Crippen LogP contribution in [-0.2, 0) is 22.2 Å². The quantitative estimate of drug-likeness (QED) is 0.514. The molecule has 4 heterocycles. The van der Waals surface area contributed by atoms with Crippen molar-refractivity contribution in [2.24, 2.45) is 0 Å². The molecule has 7 rings (SSSR count). The van der Waals surface area contributed by atoms with Crippen molar-refractivity contribution in [2.45, 2.75) is 75.3 Å². The van der Waals surface area contributed by atoms with E-state index in [0.29, 0.717) is 0 Å². The number of aromatic amines is 1. The molecule has 1 saturated carbocycles. The molecule has 2 N–H and O–H groups in total. The van der Waals surface area contributed by atoms with E-state index in [1.165, 1.54) is 41.5 Å². The summed E-state index contributed by atoms with van der Waals surface area (Å²) in [6, 6.07) is 15.2. The highest BCUT2D eigenvalue weighted by molar-refractivity contribution is 6.13. The fourth-order valence-corrected chi connectivity index (χ4v) is 7.73. The van der Waals surface area contributed by atoms with Gasteiger partial charge in [-0.05, 0) is 48.3 Å². The zero-order chi connectivity index (χ0) is 21.7. The summed E-state index contributed by atoms with van der Waals surface area (Å²) >= 11 is 0. The topological polar surface area (TPSA) is 48.1 Å². The Kier molecular flexibility index (Phi) is 3.58. The lowest BCUT2D eigenvalue weighted by atomic mass is 9.64. The summed E-state index contributed by atoms with van der Waals surface area (Å²) in [4.78, 5) is 20.7. The Labute approximate surface area is 189 Å². The summed E-state index contributed by atoms with van der Waals surface area (Å²) < 4.78 is 0. The van der Waals surface area contributed by atoms with Gasteiger partial charge in [-0.2, -0.15) is 0 Å². The number of nitrogens with zero attached hydrogens (tertiary/aromatic N) is 1. The number of aromatic nitrogens is 1. The van der Waals surface area contributed by atoms with E-state index in [1.807, 2.05) is 0 Å². The second kappa shape index (κ2) is 6.05. The Morgan fingerprint density at radius 1 is 0.938 bits per heavy atom. The molecular formula is C28H31N3O. The van der Waals surface area contributed by atoms with E-state index in [0.717, 1.165) is 49.0 Å². The third-order valence-corrected chi connectivity index (χ3v) is 8.90. The zero-order valence-electron chi connectivity index (χ0n) is 19.1. The summed E-state index contributed by atoms with van der Waals surface area (Å²) in [5.74, 6) is 0.241. The number of H-pyrrole nitrogens is 1. The van der Waals surface area contributed by atoms with E-state index in [9.17, 15) is 4.79 Å². The number of hydrogen-bond acceptors (Lipinski definition) is 2. The smallest absolute Gasteiger partial charge is 0.258 e. The molecule has 32 heavy (non-hydrogen) atoms. The van der Waals surface area contributed by atoms with Gasteiger partial charge in [0, 0.05) is 28.6 Å². The summed E-state index contributed by atoms with van der Waals surface area (Å²) in [6.07, 6.45) is 7.95. The molecule has 0 radical (unpaired) electrons. The van der Waals surface area contributed by atoms with Crippen LogP contribution in [-0.4, -0.2) is 23.0 Å². The van der Waals surface area contributed by atoms with Crippen LogP contribution in [0.1, 0.15) is 74.8 Å². The van der Waals surface area contributed by atoms with Crippen molar-refractivity contribution in [2.75, 3.05) is 11.4 Å². The van der Waals surface area contributed by atoms with Crippen LogP contribution in [0.15, 0.2) is 42.5 Å². The van der Waals surface area contributed by atoms with Gasteiger partial charge in [0.15, 0.2) is 5.54 Å². The number of fused-ring (bicyclic) bond motifs is 6. The van der Waals surface area contributed by atoms with Crippen LogP contribution in [0, 0.1) is 0 Å². The molecule has 1 aromatic heterocycles. The van der Waals surface area contributed by atoms with Crippen molar-refractivity contribution in [3.05, 3.63) is 64.8 Å². The average molecular weight is 426 g/mol. The number of amides is 1. The second-order valence-corrected chi connectivity index (χ2v) is 11.1. The number of nitrogens with one attached hydrogen (secondary N) is 2. The van der Waals surface area contributed by atoms with E-state index in [1.54, 1.807) is 0 Å². The lowest BCUT2D eigenvalue weighted by Crippen LogP contribution is -2.62. The van der Waals surface area contributed by atoms with Crippen LogP contribution >= 0.6 is 0 Å². The number of hydrogen-bond donors (Lipinski definition) is 2. The minimum absolute atomic E-state index is 0.0585. The molecule has 4 nitrogen and oxygen atoms in total. The molecule has 2 aromatic carbocycles. The Hall–Kier alpha value is -2.59. The van der Waals surface area contributed by atoms with Crippen LogP contribution < -0.4 is 10.2 Å². The molecular weight excluding hydrogens is 394 g/mol. The third-order valence-electron chi connectivity index (χ3n) is 8.90. The molecule has 2 spiro atoms. The summed E-state index contributed by atoms with van der Waals surface area (Å²) in [5.41, 5.74) is 6.40. The van der Waals surface area contributed by atoms with Crippen molar-refractivity contribution in [1.29, 1.82) is 0 Å². The Morgan fingerprint density at radius 3 is 2.56 bits per heavy atom. The van der Waals surface area contributed by atoms with Crippen molar-refractivity contribution in [3.63, 3.8) is 0 Å². The first kappa shape index (κ1) is 18.9. The number of rotatable bonds is 0. The third kappa shape index (κ3) is 2.10. The Bertz CT molecular complexity index is 1280. The molecule has 0 bridgehead atoms. The highest BCUT2D eigenvalue weighted by Crippen LogP contribution is 2.60. The maximum atomic E-state index is 14.7. The van der Waals surface area contributed by atoms with Gasteiger partial charge in [0.25, 0.3) is 5.91 Å². The first-order valence-corrected chi connectivity index (χ1v) is 12.3. The van der Waals surface area contributed by atoms with Crippen molar-refractivity contribution in [1.82, 2.24) is 10.3 Å². The van der Waals surface area contributed by atoms with Crippen molar-refractivity contribution in [3.8, 4) is 0 Å². The minimum Gasteiger partial charge on any atom is -0.356 e. The van der Waals surface area contributed by atoms with Gasteiger partial charge in [0.05, 0.1) is 11.4 Å². The number of benzene rings is 2. The van der Waals surface area contributed by atoms with Crippen LogP contribution in [0.4, 0.5) is 5.69 Å². The molecule has 4 heteroatoms. The molecule has 3 aromatic rings. The standard InChI is InChI=1S/C28H31N3O/c1-26(2)17-27(14-6-3-7-15-27)31-23-20(26)10-8-11-21(23)28(25(31)32)24-19(13-16-29-28)18-9-4-5-12-22(18)30-24/h4-5,8-12,29-30H,3,6-7,13-17H2,1-2H3/t28-/m0/s1. The average Bonchev–Trinajstić information content (AvgIpc) is 3.29. The molecule has 4 aliphatic rings. The van der Waals surface area contributed by atoms with E-state index >= 15 is 0 Å². The molecule has 1 amide bonds. The van der Waals surface area contributed by atoms with Crippen LogP contribution in [0.2, 0.25) is 0 Å². The first-order valence-electron chi connectivity index (χ1n) is 12.3. The van der Waals surface area contributed by atoms with E-state index < -0.39 is 5.54 Å². The van der Waals surface area contributed by atoms with Crippen LogP contribution in [0.25, 0.3) is 10.9 Å². The van der Waals surface area contributed by atoms with Gasteiger partial charge in [-0.3, -0.25) is 10.1 Å². The van der Waals surface area contributed by atoms with Gasteiger partial charge in [-0.25, -0.2) is 0 Å². The monoisotopic (exact) mass is 425 g/mol. The van der Waals surface area contributed by atoms with Crippen LogP contribution in [0.5, 0.6) is 0 Å². The van der Waals surface area contributed by atoms with Crippen molar-refractivity contribution < 1.29 is 4.79 Å². The number of anilines is 1. The lowest BCUT2D eigenvalue weighted by molar-refractivity contribution is -0.125. The fourth-order valence-electron chi connectivity index (χ4n) is 7.73.